The average molecular weight is 518 g/mol. The molecule has 10 nitrogen and oxygen atoms in total. The van der Waals surface area contributed by atoms with E-state index in [9.17, 15) is 27.6 Å². The van der Waals surface area contributed by atoms with Crippen molar-refractivity contribution in [3.05, 3.63) is 47.8 Å². The van der Waals surface area contributed by atoms with Gasteiger partial charge in [-0.2, -0.15) is 13.2 Å². The van der Waals surface area contributed by atoms with Crippen LogP contribution in [-0.2, 0) is 15.7 Å². The Labute approximate surface area is 210 Å². The van der Waals surface area contributed by atoms with Crippen LogP contribution >= 0.6 is 0 Å². The lowest BCUT2D eigenvalue weighted by Crippen LogP contribution is -2.47. The third-order valence-corrected chi connectivity index (χ3v) is 5.59. The highest BCUT2D eigenvalue weighted by Gasteiger charge is 2.48. The highest BCUT2D eigenvalue weighted by Crippen LogP contribution is 2.34. The lowest BCUT2D eigenvalue weighted by molar-refractivity contribution is -0.137. The van der Waals surface area contributed by atoms with E-state index in [1.807, 2.05) is 0 Å². The Hall–Kier alpha value is -4.16. The van der Waals surface area contributed by atoms with Crippen molar-refractivity contribution in [3.8, 4) is 0 Å². The molecule has 1 unspecified atom stereocenters. The van der Waals surface area contributed by atoms with Gasteiger partial charge in [-0.1, -0.05) is 0 Å². The van der Waals surface area contributed by atoms with Crippen LogP contribution in [0.4, 0.5) is 34.4 Å². The zero-order valence-electron chi connectivity index (χ0n) is 20.8. The molecule has 1 aliphatic rings. The third kappa shape index (κ3) is 5.20. The minimum Gasteiger partial charge on any atom is -0.443 e. The van der Waals surface area contributed by atoms with E-state index in [4.69, 9.17) is 4.74 Å². The molecular formula is C24H25F3N6O4. The van der Waals surface area contributed by atoms with Gasteiger partial charge in [0.05, 0.1) is 12.1 Å². The van der Waals surface area contributed by atoms with E-state index < -0.39 is 53.8 Å². The molecule has 1 N–H and O–H groups in total. The maximum Gasteiger partial charge on any atom is 0.418 e. The second kappa shape index (κ2) is 9.05. The number of carbonyl (C=O) groups is 3. The van der Waals surface area contributed by atoms with E-state index >= 15 is 0 Å². The van der Waals surface area contributed by atoms with Crippen LogP contribution in [0.1, 0.15) is 32.0 Å². The number of halogens is 3. The molecule has 0 aliphatic carbocycles. The number of nitrogens with zero attached hydrogens (tertiary/aromatic N) is 5. The van der Waals surface area contributed by atoms with E-state index in [-0.39, 0.29) is 11.5 Å². The van der Waals surface area contributed by atoms with Gasteiger partial charge in [-0.15, -0.1) is 0 Å². The van der Waals surface area contributed by atoms with Crippen LogP contribution in [-0.4, -0.2) is 63.1 Å². The number of likely N-dealkylation sites (N-methyl/N-ethyl adjacent to an activating group) is 1. The topological polar surface area (TPSA) is 112 Å². The summed E-state index contributed by atoms with van der Waals surface area (Å²) in [7, 11) is 1.42. The number of aromatic nitrogens is 3. The first-order valence-corrected chi connectivity index (χ1v) is 11.3. The maximum atomic E-state index is 13.6. The van der Waals surface area contributed by atoms with Gasteiger partial charge in [0, 0.05) is 24.3 Å². The van der Waals surface area contributed by atoms with Gasteiger partial charge < -0.3 is 9.72 Å². The molecule has 1 atom stereocenters. The molecule has 1 fully saturated rings. The van der Waals surface area contributed by atoms with Crippen LogP contribution in [0.3, 0.4) is 0 Å². The summed E-state index contributed by atoms with van der Waals surface area (Å²) in [6, 6.07) is 4.21. The molecule has 0 bridgehead atoms. The van der Waals surface area contributed by atoms with Gasteiger partial charge in [-0.25, -0.2) is 24.5 Å². The summed E-state index contributed by atoms with van der Waals surface area (Å²) >= 11 is 0. The minimum atomic E-state index is -4.72. The smallest absolute Gasteiger partial charge is 0.418 e. The van der Waals surface area contributed by atoms with Gasteiger partial charge >= 0.3 is 18.3 Å². The molecular weight excluding hydrogens is 493 g/mol. The molecule has 1 saturated heterocycles. The molecule has 4 rings (SSSR count). The number of fused-ring (bicyclic) bond motifs is 1. The number of rotatable bonds is 3. The number of urea groups is 1. The molecule has 3 aromatic rings. The van der Waals surface area contributed by atoms with Crippen molar-refractivity contribution < 1.29 is 32.3 Å². The molecule has 0 radical (unpaired) electrons. The Bertz CT molecular complexity index is 1380. The molecule has 13 heteroatoms. The van der Waals surface area contributed by atoms with E-state index in [0.717, 1.165) is 16.4 Å². The van der Waals surface area contributed by atoms with Gasteiger partial charge in [0.25, 0.3) is 5.91 Å². The highest BCUT2D eigenvalue weighted by molar-refractivity contribution is 6.11. The molecule has 3 aromatic heterocycles. The van der Waals surface area contributed by atoms with Crippen LogP contribution in [0.2, 0.25) is 0 Å². The summed E-state index contributed by atoms with van der Waals surface area (Å²) in [4.78, 5) is 53.8. The van der Waals surface area contributed by atoms with Crippen LogP contribution in [0, 0.1) is 6.92 Å². The van der Waals surface area contributed by atoms with E-state index in [1.54, 1.807) is 45.2 Å². The molecule has 0 aromatic carbocycles. The number of imide groups is 1. The average Bonchev–Trinajstić information content (AvgIpc) is 3.39. The van der Waals surface area contributed by atoms with Gasteiger partial charge in [-0.3, -0.25) is 14.6 Å². The van der Waals surface area contributed by atoms with E-state index in [0.29, 0.717) is 16.6 Å². The van der Waals surface area contributed by atoms with Crippen molar-refractivity contribution in [3.63, 3.8) is 0 Å². The number of nitrogens with one attached hydrogen (secondary N) is 1. The van der Waals surface area contributed by atoms with Crippen LogP contribution in [0.15, 0.2) is 36.5 Å². The van der Waals surface area contributed by atoms with Crippen molar-refractivity contribution in [1.29, 1.82) is 0 Å². The molecule has 37 heavy (non-hydrogen) atoms. The van der Waals surface area contributed by atoms with Gasteiger partial charge in [0.15, 0.2) is 0 Å². The fourth-order valence-corrected chi connectivity index (χ4v) is 3.89. The number of amides is 4. The normalized spacial score (nSPS) is 16.4. The number of carbonyl (C=O) groups excluding carboxylic acids is 3. The number of pyridine rings is 2. The second-order valence-corrected chi connectivity index (χ2v) is 9.59. The standard InChI is InChI=1S/C24H25F3N6O4/c1-13-10-15(24(25,26)27)11-18(29-13)33-16(12-32(21(33)35)22(36)37-23(2,3)4)20(34)31(5)17-7-6-14-8-9-28-19(14)30-17/h6-11,16H,12H2,1-5H3,(H,28,30). The van der Waals surface area contributed by atoms with E-state index in [2.05, 4.69) is 15.0 Å². The third-order valence-electron chi connectivity index (χ3n) is 5.59. The summed E-state index contributed by atoms with van der Waals surface area (Å²) in [5.74, 6) is -0.867. The first-order valence-electron chi connectivity index (χ1n) is 11.3. The lowest BCUT2D eigenvalue weighted by Gasteiger charge is -2.26. The SMILES string of the molecule is Cc1cc(C(F)(F)F)cc(N2C(=O)N(C(=O)OC(C)(C)C)CC2C(=O)N(C)c2ccc3cc[nH]c3n2)n1. The van der Waals surface area contributed by atoms with Gasteiger partial charge in [-0.05, 0) is 58.0 Å². The minimum absolute atomic E-state index is 0.0215. The number of hydrogen-bond donors (Lipinski definition) is 1. The zero-order chi connectivity index (χ0) is 27.3. The first-order chi connectivity index (χ1) is 17.2. The Morgan fingerprint density at radius 2 is 1.84 bits per heavy atom. The van der Waals surface area contributed by atoms with Crippen LogP contribution in [0.25, 0.3) is 11.0 Å². The van der Waals surface area contributed by atoms with Crippen LogP contribution < -0.4 is 9.80 Å². The monoisotopic (exact) mass is 518 g/mol. The summed E-state index contributed by atoms with van der Waals surface area (Å²) in [6.45, 7) is 5.67. The summed E-state index contributed by atoms with van der Waals surface area (Å²) in [5.41, 5.74) is -1.51. The number of ether oxygens (including phenoxy) is 1. The van der Waals surface area contributed by atoms with Gasteiger partial charge in [0.1, 0.15) is 28.9 Å². The predicted octanol–water partition coefficient (Wildman–Crippen LogP) is 4.49. The highest BCUT2D eigenvalue weighted by atomic mass is 19.4. The number of alkyl halides is 3. The van der Waals surface area contributed by atoms with Crippen molar-refractivity contribution in [1.82, 2.24) is 19.9 Å². The molecule has 4 heterocycles. The zero-order valence-corrected chi connectivity index (χ0v) is 20.8. The number of hydrogen-bond acceptors (Lipinski definition) is 6. The Balaban J connectivity index is 1.75. The maximum absolute atomic E-state index is 13.6. The fourth-order valence-electron chi connectivity index (χ4n) is 3.89. The fraction of sp³-hybridized carbons (Fsp3) is 0.375. The number of aryl methyl sites for hydroxylation is 1. The molecule has 0 saturated carbocycles. The molecule has 196 valence electrons. The Kier molecular flexibility index (Phi) is 6.34. The summed E-state index contributed by atoms with van der Waals surface area (Å²) in [5, 5.41) is 0.807. The molecule has 1 aliphatic heterocycles. The van der Waals surface area contributed by atoms with Gasteiger partial charge in [0.2, 0.25) is 0 Å². The summed E-state index contributed by atoms with van der Waals surface area (Å²) in [6.07, 6.45) is -4.07. The van der Waals surface area contributed by atoms with Crippen molar-refractivity contribution in [2.24, 2.45) is 0 Å². The molecule has 4 amide bonds. The number of anilines is 2. The van der Waals surface area contributed by atoms with Crippen molar-refractivity contribution in [2.75, 3.05) is 23.4 Å². The predicted molar refractivity (Wildman–Crippen MR) is 128 cm³/mol. The number of H-pyrrole nitrogens is 1. The Morgan fingerprint density at radius 3 is 2.49 bits per heavy atom. The van der Waals surface area contributed by atoms with Crippen molar-refractivity contribution >= 4 is 40.7 Å². The second-order valence-electron chi connectivity index (χ2n) is 9.59. The number of aromatic amines is 1. The summed E-state index contributed by atoms with van der Waals surface area (Å²) < 4.78 is 45.9. The quantitative estimate of drug-likeness (QED) is 0.547. The first kappa shape index (κ1) is 25.9. The molecule has 0 spiro atoms. The largest absolute Gasteiger partial charge is 0.443 e. The van der Waals surface area contributed by atoms with Crippen molar-refractivity contribution in [2.45, 2.75) is 45.5 Å². The Morgan fingerprint density at radius 1 is 1.14 bits per heavy atom. The lowest BCUT2D eigenvalue weighted by atomic mass is 10.2. The van der Waals surface area contributed by atoms with E-state index in [1.165, 1.54) is 18.9 Å². The van der Waals surface area contributed by atoms with Crippen LogP contribution in [0.5, 0.6) is 0 Å².